The van der Waals surface area contributed by atoms with Crippen molar-refractivity contribution < 1.29 is 18.7 Å². The van der Waals surface area contributed by atoms with Crippen LogP contribution in [0.3, 0.4) is 0 Å². The summed E-state index contributed by atoms with van der Waals surface area (Å²) in [6.45, 7) is 1.99. The molecule has 0 radical (unpaired) electrons. The van der Waals surface area contributed by atoms with E-state index in [2.05, 4.69) is 15.7 Å². The first kappa shape index (κ1) is 20.1. The first-order chi connectivity index (χ1) is 14.6. The number of carbonyl (C=O) groups is 2. The Hall–Kier alpha value is -3.20. The van der Waals surface area contributed by atoms with E-state index in [-0.39, 0.29) is 18.4 Å². The molecule has 30 heavy (non-hydrogen) atoms. The molecule has 1 aromatic carbocycles. The summed E-state index contributed by atoms with van der Waals surface area (Å²) >= 11 is 1.73. The fourth-order valence-electron chi connectivity index (χ4n) is 3.09. The molecule has 0 saturated heterocycles. The van der Waals surface area contributed by atoms with Crippen molar-refractivity contribution in [1.82, 2.24) is 15.1 Å². The number of ether oxygens (including phenoxy) is 1. The van der Waals surface area contributed by atoms with Gasteiger partial charge in [-0.3, -0.25) is 9.59 Å². The zero-order valence-electron chi connectivity index (χ0n) is 16.5. The third-order valence-corrected chi connectivity index (χ3v) is 5.59. The summed E-state index contributed by atoms with van der Waals surface area (Å²) in [6, 6.07) is 12.7. The molecule has 1 aliphatic rings. The number of anilines is 1. The molecule has 3 heterocycles. The van der Waals surface area contributed by atoms with Crippen LogP contribution in [0, 0.1) is 0 Å². The number of fused-ring (bicyclic) bond motifs is 1. The largest absolute Gasteiger partial charge is 0.481 e. The van der Waals surface area contributed by atoms with Gasteiger partial charge >= 0.3 is 0 Å². The number of para-hydroxylation sites is 1. The van der Waals surface area contributed by atoms with Crippen LogP contribution < -0.4 is 15.4 Å². The van der Waals surface area contributed by atoms with Crippen molar-refractivity contribution in [2.24, 2.45) is 0 Å². The highest BCUT2D eigenvalue weighted by Gasteiger charge is 2.26. The van der Waals surface area contributed by atoms with Crippen molar-refractivity contribution >= 4 is 29.4 Å². The Morgan fingerprint density at radius 1 is 1.23 bits per heavy atom. The number of nitrogens with one attached hydrogen (secondary N) is 2. The van der Waals surface area contributed by atoms with Crippen LogP contribution in [-0.4, -0.2) is 27.7 Å². The molecule has 1 aliphatic heterocycles. The number of nitrogens with zero attached hydrogens (tertiary/aromatic N) is 2. The predicted molar refractivity (Wildman–Crippen MR) is 113 cm³/mol. The summed E-state index contributed by atoms with van der Waals surface area (Å²) in [7, 11) is 0. The van der Waals surface area contributed by atoms with E-state index in [0.29, 0.717) is 23.9 Å². The van der Waals surface area contributed by atoms with Crippen LogP contribution in [0.4, 0.5) is 5.82 Å². The van der Waals surface area contributed by atoms with Crippen molar-refractivity contribution in [3.8, 4) is 5.75 Å². The molecule has 4 rings (SSSR count). The number of amides is 2. The highest BCUT2D eigenvalue weighted by molar-refractivity contribution is 7.98. The van der Waals surface area contributed by atoms with E-state index in [9.17, 15) is 9.59 Å². The number of rotatable bonds is 8. The van der Waals surface area contributed by atoms with Gasteiger partial charge in [-0.2, -0.15) is 16.9 Å². The van der Waals surface area contributed by atoms with Gasteiger partial charge in [-0.1, -0.05) is 18.2 Å². The second-order valence-corrected chi connectivity index (χ2v) is 7.83. The Morgan fingerprint density at radius 2 is 2.07 bits per heavy atom. The maximum atomic E-state index is 12.7. The lowest BCUT2D eigenvalue weighted by Gasteiger charge is -2.16. The Labute approximate surface area is 178 Å². The van der Waals surface area contributed by atoms with E-state index in [0.717, 1.165) is 22.8 Å². The monoisotopic (exact) mass is 426 g/mol. The molecule has 0 spiro atoms. The zero-order chi connectivity index (χ0) is 20.9. The van der Waals surface area contributed by atoms with E-state index in [1.807, 2.05) is 18.2 Å². The maximum Gasteiger partial charge on any atom is 0.266 e. The molecule has 1 atom stereocenters. The number of hydrogen-bond donors (Lipinski definition) is 2. The first-order valence-corrected chi connectivity index (χ1v) is 10.7. The van der Waals surface area contributed by atoms with Crippen LogP contribution in [0.25, 0.3) is 0 Å². The third-order valence-electron chi connectivity index (χ3n) is 4.62. The summed E-state index contributed by atoms with van der Waals surface area (Å²) < 4.78 is 12.5. The molecular formula is C21H22N4O4S. The van der Waals surface area contributed by atoms with Crippen LogP contribution >= 0.6 is 11.8 Å². The predicted octanol–water partition coefficient (Wildman–Crippen LogP) is 2.95. The summed E-state index contributed by atoms with van der Waals surface area (Å²) in [4.78, 5) is 25.1. The third kappa shape index (κ3) is 4.68. The number of carbonyl (C=O) groups excluding carboxylic acids is 2. The smallest absolute Gasteiger partial charge is 0.266 e. The number of benzene rings is 1. The average molecular weight is 426 g/mol. The molecule has 0 saturated carbocycles. The zero-order valence-corrected chi connectivity index (χ0v) is 17.3. The molecule has 0 aliphatic carbocycles. The van der Waals surface area contributed by atoms with E-state index >= 15 is 0 Å². The molecule has 0 unspecified atom stereocenters. The van der Waals surface area contributed by atoms with Gasteiger partial charge in [0.2, 0.25) is 5.91 Å². The van der Waals surface area contributed by atoms with Gasteiger partial charge < -0.3 is 19.8 Å². The summed E-state index contributed by atoms with van der Waals surface area (Å²) in [5.74, 6) is 2.83. The van der Waals surface area contributed by atoms with Gasteiger partial charge in [0.15, 0.2) is 6.10 Å². The normalized spacial score (nSPS) is 13.5. The van der Waals surface area contributed by atoms with E-state index in [1.54, 1.807) is 53.9 Å². The highest BCUT2D eigenvalue weighted by Crippen LogP contribution is 2.34. The number of hydrogen-bond acceptors (Lipinski definition) is 6. The lowest BCUT2D eigenvalue weighted by atomic mass is 10.2. The van der Waals surface area contributed by atoms with Gasteiger partial charge in [0.25, 0.3) is 5.91 Å². The van der Waals surface area contributed by atoms with Gasteiger partial charge in [0, 0.05) is 17.1 Å². The summed E-state index contributed by atoms with van der Waals surface area (Å²) in [6.07, 6.45) is 0.858. The number of thioether (sulfide) groups is 1. The van der Waals surface area contributed by atoms with Gasteiger partial charge in [-0.15, -0.1) is 0 Å². The van der Waals surface area contributed by atoms with Crippen molar-refractivity contribution in [3.63, 3.8) is 0 Å². The van der Waals surface area contributed by atoms with Gasteiger partial charge in [-0.05, 0) is 31.2 Å². The molecule has 0 fully saturated rings. The van der Waals surface area contributed by atoms with Crippen molar-refractivity contribution in [2.45, 2.75) is 37.6 Å². The van der Waals surface area contributed by atoms with Crippen molar-refractivity contribution in [3.05, 3.63) is 65.7 Å². The second kappa shape index (κ2) is 9.08. The minimum atomic E-state index is -0.701. The summed E-state index contributed by atoms with van der Waals surface area (Å²) in [5.41, 5.74) is 1.85. The Balaban J connectivity index is 1.43. The van der Waals surface area contributed by atoms with Crippen LogP contribution in [0.1, 0.15) is 23.9 Å². The molecule has 156 valence electrons. The van der Waals surface area contributed by atoms with Crippen LogP contribution in [-0.2, 0) is 34.2 Å². The fourth-order valence-corrected chi connectivity index (χ4v) is 4.12. The number of aromatic nitrogens is 2. The van der Waals surface area contributed by atoms with Crippen molar-refractivity contribution in [2.75, 3.05) is 5.32 Å². The maximum absolute atomic E-state index is 12.7. The van der Waals surface area contributed by atoms with Crippen molar-refractivity contribution in [1.29, 1.82) is 0 Å². The molecule has 8 nitrogen and oxygen atoms in total. The molecular weight excluding hydrogens is 404 g/mol. The van der Waals surface area contributed by atoms with Gasteiger partial charge in [0.05, 0.1) is 18.5 Å². The SMILES string of the molecule is C[C@H](Oc1ccccc1)C(=O)Nc1c2c(nn1CC(=O)NCc1ccco1)CSC2. The van der Waals surface area contributed by atoms with Gasteiger partial charge in [0.1, 0.15) is 23.9 Å². The quantitative estimate of drug-likeness (QED) is 0.575. The van der Waals surface area contributed by atoms with E-state index in [4.69, 9.17) is 9.15 Å². The molecule has 9 heteroatoms. The van der Waals surface area contributed by atoms with E-state index in [1.165, 1.54) is 0 Å². The minimum absolute atomic E-state index is 0.00190. The van der Waals surface area contributed by atoms with Crippen LogP contribution in [0.15, 0.2) is 53.1 Å². The first-order valence-electron chi connectivity index (χ1n) is 9.58. The Kier molecular flexibility index (Phi) is 6.08. The molecule has 2 amide bonds. The lowest BCUT2D eigenvalue weighted by molar-refractivity contribution is -0.123. The Morgan fingerprint density at radius 3 is 2.83 bits per heavy atom. The molecule has 2 N–H and O–H groups in total. The van der Waals surface area contributed by atoms with Crippen LogP contribution in [0.5, 0.6) is 5.75 Å². The van der Waals surface area contributed by atoms with Gasteiger partial charge in [-0.25, -0.2) is 4.68 Å². The average Bonchev–Trinajstić information content (AvgIpc) is 3.47. The number of furan rings is 1. The minimum Gasteiger partial charge on any atom is -0.481 e. The molecule has 3 aromatic rings. The topological polar surface area (TPSA) is 98.4 Å². The second-order valence-electron chi connectivity index (χ2n) is 6.84. The lowest BCUT2D eigenvalue weighted by Crippen LogP contribution is -2.33. The highest BCUT2D eigenvalue weighted by atomic mass is 32.2. The Bertz CT molecular complexity index is 1020. The van der Waals surface area contributed by atoms with Crippen LogP contribution in [0.2, 0.25) is 0 Å². The summed E-state index contributed by atoms with van der Waals surface area (Å²) in [5, 5.41) is 10.2. The molecule has 2 aromatic heterocycles. The standard InChI is InChI=1S/C21H22N4O4S/c1-14(29-15-6-3-2-4-7-15)21(27)23-20-17-12-30-13-18(17)24-25(20)11-19(26)22-10-16-8-5-9-28-16/h2-9,14H,10-13H2,1H3,(H,22,26)(H,23,27)/t14-/m0/s1. The van der Waals surface area contributed by atoms with E-state index < -0.39 is 6.10 Å². The fraction of sp³-hybridized carbons (Fsp3) is 0.286. The molecule has 0 bridgehead atoms.